The molecule has 0 aromatic heterocycles. The zero-order chi connectivity index (χ0) is 27.3. The molecule has 1 heterocycles. The molecule has 38 heavy (non-hydrogen) atoms. The number of hydrogen-bond acceptors (Lipinski definition) is 7. The predicted octanol–water partition coefficient (Wildman–Crippen LogP) is 5.59. The van der Waals surface area contributed by atoms with Gasteiger partial charge in [-0.25, -0.2) is 0 Å². The van der Waals surface area contributed by atoms with Crippen LogP contribution in [0.3, 0.4) is 0 Å². The molecule has 3 rings (SSSR count). The summed E-state index contributed by atoms with van der Waals surface area (Å²) in [7, 11) is 6.25. The SMILES string of the molecule is C=C/C(=C\C(OC)=C(/COC)OC)C(=O)NC1NC(c2ccc(OC)cc2)=C(CCC2=CC=CC=CC2)S1. The van der Waals surface area contributed by atoms with Gasteiger partial charge in [0.15, 0.2) is 17.0 Å². The maximum Gasteiger partial charge on any atom is 0.253 e. The van der Waals surface area contributed by atoms with Crippen LogP contribution in [0.15, 0.2) is 101 Å². The summed E-state index contributed by atoms with van der Waals surface area (Å²) in [6.07, 6.45) is 16.4. The summed E-state index contributed by atoms with van der Waals surface area (Å²) in [5.41, 5.74) is 3.40. The maximum atomic E-state index is 13.2. The van der Waals surface area contributed by atoms with Crippen LogP contribution < -0.4 is 15.4 Å². The quantitative estimate of drug-likeness (QED) is 0.193. The van der Waals surface area contributed by atoms with Gasteiger partial charge in [-0.2, -0.15) is 0 Å². The molecule has 202 valence electrons. The van der Waals surface area contributed by atoms with Crippen molar-refractivity contribution in [3.63, 3.8) is 0 Å². The lowest BCUT2D eigenvalue weighted by Gasteiger charge is -2.16. The number of benzene rings is 1. The topological polar surface area (TPSA) is 78.1 Å². The van der Waals surface area contributed by atoms with Crippen molar-refractivity contribution >= 4 is 23.4 Å². The minimum Gasteiger partial charge on any atom is -0.497 e. The molecule has 2 N–H and O–H groups in total. The number of nitrogens with one attached hydrogen (secondary N) is 2. The second-order valence-corrected chi connectivity index (χ2v) is 9.62. The van der Waals surface area contributed by atoms with Crippen molar-refractivity contribution in [3.8, 4) is 5.75 Å². The fourth-order valence-corrected chi connectivity index (χ4v) is 5.09. The molecular weight excluding hydrogens is 500 g/mol. The molecule has 2 aliphatic rings. The fourth-order valence-electron chi connectivity index (χ4n) is 3.95. The highest BCUT2D eigenvalue weighted by Gasteiger charge is 2.27. The van der Waals surface area contributed by atoms with E-state index in [-0.39, 0.29) is 18.0 Å². The van der Waals surface area contributed by atoms with Gasteiger partial charge in [0, 0.05) is 17.6 Å². The molecule has 0 spiro atoms. The lowest BCUT2D eigenvalue weighted by atomic mass is 10.0. The zero-order valence-corrected chi connectivity index (χ0v) is 23.2. The Hall–Kier alpha value is -3.62. The summed E-state index contributed by atoms with van der Waals surface area (Å²) < 4.78 is 21.3. The smallest absolute Gasteiger partial charge is 0.253 e. The fraction of sp³-hybridized carbons (Fsp3) is 0.300. The van der Waals surface area contributed by atoms with E-state index >= 15 is 0 Å². The molecule has 1 aromatic rings. The van der Waals surface area contributed by atoms with Crippen LogP contribution in [0.25, 0.3) is 5.70 Å². The second-order valence-electron chi connectivity index (χ2n) is 8.42. The van der Waals surface area contributed by atoms with E-state index in [2.05, 4.69) is 41.5 Å². The average molecular weight is 537 g/mol. The molecule has 1 atom stereocenters. The van der Waals surface area contributed by atoms with E-state index in [0.717, 1.165) is 36.3 Å². The molecule has 1 aromatic carbocycles. The Balaban J connectivity index is 1.79. The number of ether oxygens (including phenoxy) is 4. The van der Waals surface area contributed by atoms with Crippen LogP contribution in [-0.4, -0.2) is 46.5 Å². The van der Waals surface area contributed by atoms with E-state index < -0.39 is 0 Å². The van der Waals surface area contributed by atoms with E-state index in [1.54, 1.807) is 32.1 Å². The third-order valence-corrected chi connectivity index (χ3v) is 7.15. The van der Waals surface area contributed by atoms with Gasteiger partial charge in [-0.3, -0.25) is 4.79 Å². The second kappa shape index (κ2) is 15.0. The molecule has 0 saturated heterocycles. The molecular formula is C30H36N2O5S. The van der Waals surface area contributed by atoms with Crippen LogP contribution in [0.2, 0.25) is 0 Å². The third-order valence-electron chi connectivity index (χ3n) is 5.98. The van der Waals surface area contributed by atoms with Crippen LogP contribution in [-0.2, 0) is 19.0 Å². The Morgan fingerprint density at radius 2 is 1.89 bits per heavy atom. The van der Waals surface area contributed by atoms with E-state index in [1.165, 1.54) is 30.8 Å². The summed E-state index contributed by atoms with van der Waals surface area (Å²) in [5.74, 6) is 1.37. The number of carbonyl (C=O) groups is 1. The van der Waals surface area contributed by atoms with Gasteiger partial charge in [0.1, 0.15) is 12.4 Å². The number of amides is 1. The van der Waals surface area contributed by atoms with E-state index in [1.807, 2.05) is 30.3 Å². The largest absolute Gasteiger partial charge is 0.497 e. The van der Waals surface area contributed by atoms with E-state index in [9.17, 15) is 4.79 Å². The molecule has 8 heteroatoms. The average Bonchev–Trinajstić information content (AvgIpc) is 3.15. The van der Waals surface area contributed by atoms with Crippen molar-refractivity contribution in [1.29, 1.82) is 0 Å². The molecule has 7 nitrogen and oxygen atoms in total. The molecule has 0 fully saturated rings. The van der Waals surface area contributed by atoms with Crippen molar-refractivity contribution in [3.05, 3.63) is 107 Å². The Labute approximate surface area is 229 Å². The van der Waals surface area contributed by atoms with Crippen LogP contribution in [0.1, 0.15) is 24.8 Å². The van der Waals surface area contributed by atoms with Gasteiger partial charge in [0.2, 0.25) is 0 Å². The first-order valence-corrected chi connectivity index (χ1v) is 13.2. The molecule has 0 bridgehead atoms. The minimum atomic E-state index is -0.350. The van der Waals surface area contributed by atoms with Gasteiger partial charge in [-0.15, -0.1) is 0 Å². The first-order chi connectivity index (χ1) is 18.5. The zero-order valence-electron chi connectivity index (χ0n) is 22.4. The Kier molecular flexibility index (Phi) is 11.4. The Morgan fingerprint density at radius 1 is 1.11 bits per heavy atom. The summed E-state index contributed by atoms with van der Waals surface area (Å²) in [6.45, 7) is 4.02. The lowest BCUT2D eigenvalue weighted by Crippen LogP contribution is -2.40. The molecule has 1 aliphatic carbocycles. The van der Waals surface area contributed by atoms with Gasteiger partial charge in [-0.1, -0.05) is 60.4 Å². The number of methoxy groups -OCH3 is 4. The van der Waals surface area contributed by atoms with Crippen molar-refractivity contribution < 1.29 is 23.7 Å². The van der Waals surface area contributed by atoms with Crippen LogP contribution >= 0.6 is 11.8 Å². The first-order valence-electron chi connectivity index (χ1n) is 12.3. The van der Waals surface area contributed by atoms with Gasteiger partial charge in [-0.05, 0) is 55.2 Å². The van der Waals surface area contributed by atoms with Crippen molar-refractivity contribution in [2.75, 3.05) is 35.0 Å². The lowest BCUT2D eigenvalue weighted by molar-refractivity contribution is -0.117. The monoisotopic (exact) mass is 536 g/mol. The molecule has 1 unspecified atom stereocenters. The molecule has 1 amide bonds. The number of thioether (sulfide) groups is 1. The van der Waals surface area contributed by atoms with Crippen molar-refractivity contribution in [2.24, 2.45) is 0 Å². The van der Waals surface area contributed by atoms with Crippen molar-refractivity contribution in [1.82, 2.24) is 10.6 Å². The third kappa shape index (κ3) is 7.94. The highest BCUT2D eigenvalue weighted by molar-refractivity contribution is 8.04. The number of allylic oxidation sites excluding steroid dienone is 8. The normalized spacial score (nSPS) is 17.7. The van der Waals surface area contributed by atoms with Crippen LogP contribution in [0.5, 0.6) is 5.75 Å². The van der Waals surface area contributed by atoms with E-state index in [4.69, 9.17) is 18.9 Å². The maximum absolute atomic E-state index is 13.2. The first kappa shape index (κ1) is 28.9. The molecule has 0 saturated carbocycles. The molecule has 1 aliphatic heterocycles. The number of rotatable bonds is 13. The Bertz CT molecular complexity index is 1180. The van der Waals surface area contributed by atoms with Crippen LogP contribution in [0, 0.1) is 0 Å². The van der Waals surface area contributed by atoms with E-state index in [0.29, 0.717) is 17.1 Å². The number of carbonyl (C=O) groups excluding carboxylic acids is 1. The summed E-state index contributed by atoms with van der Waals surface area (Å²) in [5, 5.41) is 6.57. The highest BCUT2D eigenvalue weighted by atomic mass is 32.2. The van der Waals surface area contributed by atoms with Gasteiger partial charge >= 0.3 is 0 Å². The summed E-state index contributed by atoms with van der Waals surface area (Å²) >= 11 is 1.61. The highest BCUT2D eigenvalue weighted by Crippen LogP contribution is 2.38. The predicted molar refractivity (Wildman–Crippen MR) is 154 cm³/mol. The van der Waals surface area contributed by atoms with Crippen LogP contribution in [0.4, 0.5) is 0 Å². The van der Waals surface area contributed by atoms with Gasteiger partial charge in [0.05, 0.1) is 27.0 Å². The minimum absolute atomic E-state index is 0.211. The standard InChI is InChI=1S/C30H36N2O5S/c1-6-22(19-25(36-4)26(37-5)20-34-2)29(33)32-30-31-28(23-14-16-24(35-3)17-15-23)27(38-30)18-13-21-11-9-7-8-10-12-21/h6-11,14-17,19,30-31H,1,12-13,18,20H2,2-5H3,(H,32,33)/b22-19+,26-25-. The Morgan fingerprint density at radius 3 is 2.55 bits per heavy atom. The number of hydrogen-bond donors (Lipinski definition) is 2. The summed E-state index contributed by atoms with van der Waals surface area (Å²) in [6, 6.07) is 7.92. The summed E-state index contributed by atoms with van der Waals surface area (Å²) in [4.78, 5) is 14.4. The molecule has 0 radical (unpaired) electrons. The van der Waals surface area contributed by atoms with Crippen molar-refractivity contribution in [2.45, 2.75) is 24.8 Å². The van der Waals surface area contributed by atoms with Gasteiger partial charge in [0.25, 0.3) is 5.91 Å². The van der Waals surface area contributed by atoms with Gasteiger partial charge < -0.3 is 29.6 Å².